The molecule has 0 aliphatic heterocycles. The molecule has 1 N–H and O–H groups in total. The lowest BCUT2D eigenvalue weighted by molar-refractivity contribution is -0.123. The van der Waals surface area contributed by atoms with Gasteiger partial charge < -0.3 is 10.1 Å². The van der Waals surface area contributed by atoms with Gasteiger partial charge in [0, 0.05) is 30.7 Å². The van der Waals surface area contributed by atoms with E-state index in [1.165, 1.54) is 0 Å². The van der Waals surface area contributed by atoms with Gasteiger partial charge in [0.25, 0.3) is 5.91 Å². The van der Waals surface area contributed by atoms with E-state index in [4.69, 9.17) is 4.74 Å². The number of carbonyl (C=O) groups excluding carboxylic acids is 1. The van der Waals surface area contributed by atoms with Gasteiger partial charge in [-0.2, -0.15) is 0 Å². The Morgan fingerprint density at radius 1 is 1.12 bits per heavy atom. The van der Waals surface area contributed by atoms with Gasteiger partial charge in [-0.05, 0) is 54.4 Å². The van der Waals surface area contributed by atoms with Crippen LogP contribution in [0.4, 0.5) is 0 Å². The highest BCUT2D eigenvalue weighted by Crippen LogP contribution is 2.16. The second-order valence-electron chi connectivity index (χ2n) is 5.67. The largest absolute Gasteiger partial charge is 0.484 e. The highest BCUT2D eigenvalue weighted by Gasteiger charge is 2.05. The number of nitrogens with zero attached hydrogens (tertiary/aromatic N) is 2. The van der Waals surface area contributed by atoms with E-state index in [0.29, 0.717) is 12.3 Å². The van der Waals surface area contributed by atoms with Crippen LogP contribution in [0.25, 0.3) is 11.3 Å². The molecule has 0 saturated heterocycles. The molecule has 126 valence electrons. The van der Waals surface area contributed by atoms with Crippen LogP contribution in [-0.2, 0) is 11.3 Å². The number of pyridine rings is 2. The van der Waals surface area contributed by atoms with E-state index in [9.17, 15) is 4.79 Å². The zero-order chi connectivity index (χ0) is 17.5. The van der Waals surface area contributed by atoms with Crippen LogP contribution in [0.5, 0.6) is 5.75 Å². The third-order valence-electron chi connectivity index (χ3n) is 3.63. The van der Waals surface area contributed by atoms with E-state index in [1.807, 2.05) is 55.5 Å². The number of benzene rings is 1. The van der Waals surface area contributed by atoms with Crippen molar-refractivity contribution >= 4 is 5.91 Å². The first kappa shape index (κ1) is 16.6. The van der Waals surface area contributed by atoms with Crippen molar-refractivity contribution in [2.24, 2.45) is 0 Å². The van der Waals surface area contributed by atoms with Gasteiger partial charge in [-0.1, -0.05) is 12.1 Å². The van der Waals surface area contributed by atoms with Crippen molar-refractivity contribution in [1.29, 1.82) is 0 Å². The predicted octanol–water partition coefficient (Wildman–Crippen LogP) is 3.15. The molecule has 1 amide bonds. The van der Waals surface area contributed by atoms with Gasteiger partial charge in [0.15, 0.2) is 6.61 Å². The van der Waals surface area contributed by atoms with Crippen molar-refractivity contribution in [3.05, 3.63) is 78.2 Å². The first-order valence-electron chi connectivity index (χ1n) is 8.02. The van der Waals surface area contributed by atoms with Crippen LogP contribution in [0, 0.1) is 6.92 Å². The van der Waals surface area contributed by atoms with E-state index in [0.717, 1.165) is 22.4 Å². The number of aromatic nitrogens is 2. The van der Waals surface area contributed by atoms with Crippen LogP contribution in [-0.4, -0.2) is 22.5 Å². The van der Waals surface area contributed by atoms with Gasteiger partial charge in [-0.3, -0.25) is 14.8 Å². The second-order valence-corrected chi connectivity index (χ2v) is 5.67. The summed E-state index contributed by atoms with van der Waals surface area (Å²) >= 11 is 0. The lowest BCUT2D eigenvalue weighted by Gasteiger charge is -2.09. The number of rotatable bonds is 6. The van der Waals surface area contributed by atoms with Crippen LogP contribution in [0.15, 0.2) is 67.1 Å². The van der Waals surface area contributed by atoms with E-state index in [1.54, 1.807) is 18.6 Å². The highest BCUT2D eigenvalue weighted by molar-refractivity contribution is 5.77. The lowest BCUT2D eigenvalue weighted by Crippen LogP contribution is -2.28. The molecule has 0 atom stereocenters. The Bertz CT molecular complexity index is 850. The number of aryl methyl sites for hydroxylation is 1. The van der Waals surface area contributed by atoms with Crippen LogP contribution >= 0.6 is 0 Å². The van der Waals surface area contributed by atoms with Gasteiger partial charge >= 0.3 is 0 Å². The average molecular weight is 333 g/mol. The number of carbonyl (C=O) groups is 1. The van der Waals surface area contributed by atoms with Crippen molar-refractivity contribution in [3.8, 4) is 17.0 Å². The number of ether oxygens (including phenoxy) is 1. The average Bonchev–Trinajstić information content (AvgIpc) is 2.66. The molecule has 0 aliphatic rings. The topological polar surface area (TPSA) is 64.1 Å². The molecule has 0 bridgehead atoms. The van der Waals surface area contributed by atoms with E-state index in [-0.39, 0.29) is 12.5 Å². The van der Waals surface area contributed by atoms with Gasteiger partial charge in [0.05, 0.1) is 5.69 Å². The summed E-state index contributed by atoms with van der Waals surface area (Å²) in [6.07, 6.45) is 5.22. The smallest absolute Gasteiger partial charge is 0.258 e. The number of amides is 1. The Morgan fingerprint density at radius 3 is 2.84 bits per heavy atom. The first-order valence-corrected chi connectivity index (χ1v) is 8.02. The normalized spacial score (nSPS) is 10.3. The molecule has 3 aromatic rings. The zero-order valence-electron chi connectivity index (χ0n) is 14.0. The van der Waals surface area contributed by atoms with Crippen LogP contribution in [0.3, 0.4) is 0 Å². The van der Waals surface area contributed by atoms with Gasteiger partial charge in [0.2, 0.25) is 0 Å². The Kier molecular flexibility index (Phi) is 5.36. The fourth-order valence-corrected chi connectivity index (χ4v) is 2.36. The molecule has 5 heteroatoms. The molecule has 0 saturated carbocycles. The summed E-state index contributed by atoms with van der Waals surface area (Å²) in [7, 11) is 0. The molecule has 0 unspecified atom stereocenters. The van der Waals surface area contributed by atoms with Gasteiger partial charge in [0.1, 0.15) is 5.75 Å². The minimum atomic E-state index is -0.166. The molecule has 3 rings (SSSR count). The maximum Gasteiger partial charge on any atom is 0.258 e. The number of hydrogen-bond acceptors (Lipinski definition) is 4. The Labute approximate surface area is 146 Å². The monoisotopic (exact) mass is 333 g/mol. The van der Waals surface area contributed by atoms with Crippen molar-refractivity contribution in [3.63, 3.8) is 0 Å². The molecule has 1 aromatic carbocycles. The Balaban J connectivity index is 1.54. The Morgan fingerprint density at radius 2 is 2.04 bits per heavy atom. The van der Waals surface area contributed by atoms with E-state index >= 15 is 0 Å². The van der Waals surface area contributed by atoms with E-state index in [2.05, 4.69) is 15.3 Å². The minimum absolute atomic E-state index is 0.00992. The quantitative estimate of drug-likeness (QED) is 0.753. The third-order valence-corrected chi connectivity index (χ3v) is 3.63. The summed E-state index contributed by atoms with van der Waals surface area (Å²) in [4.78, 5) is 20.4. The fraction of sp³-hybridized carbons (Fsp3) is 0.150. The van der Waals surface area contributed by atoms with Crippen LogP contribution in [0.2, 0.25) is 0 Å². The molecule has 0 radical (unpaired) electrons. The van der Waals surface area contributed by atoms with E-state index < -0.39 is 0 Å². The molecule has 0 fully saturated rings. The van der Waals surface area contributed by atoms with Crippen LogP contribution in [0.1, 0.15) is 11.1 Å². The second kappa shape index (κ2) is 8.06. The van der Waals surface area contributed by atoms with Crippen molar-refractivity contribution in [2.75, 3.05) is 6.61 Å². The molecule has 5 nitrogen and oxygen atoms in total. The molecular formula is C20H19N3O2. The fourth-order valence-electron chi connectivity index (χ4n) is 2.36. The lowest BCUT2D eigenvalue weighted by atomic mass is 10.1. The minimum Gasteiger partial charge on any atom is -0.484 e. The molecule has 0 spiro atoms. The predicted molar refractivity (Wildman–Crippen MR) is 96.0 cm³/mol. The maximum absolute atomic E-state index is 12.0. The van der Waals surface area contributed by atoms with Crippen molar-refractivity contribution in [1.82, 2.24) is 15.3 Å². The SMILES string of the molecule is Cc1cccc(OCC(=O)NCc2ccnc(-c3cccnc3)c2)c1. The number of nitrogens with one attached hydrogen (secondary N) is 1. The number of hydrogen-bond donors (Lipinski definition) is 1. The first-order chi connectivity index (χ1) is 12.2. The highest BCUT2D eigenvalue weighted by atomic mass is 16.5. The standard InChI is InChI=1S/C20H19N3O2/c1-15-4-2-6-18(10-15)25-14-20(24)23-12-16-7-9-22-19(11-16)17-5-3-8-21-13-17/h2-11,13H,12,14H2,1H3,(H,23,24). The van der Waals surface area contributed by atoms with Crippen molar-refractivity contribution in [2.45, 2.75) is 13.5 Å². The Hall–Kier alpha value is -3.21. The maximum atomic E-state index is 12.0. The summed E-state index contributed by atoms with van der Waals surface area (Å²) in [5, 5.41) is 2.86. The van der Waals surface area contributed by atoms with Crippen LogP contribution < -0.4 is 10.1 Å². The molecule has 25 heavy (non-hydrogen) atoms. The van der Waals surface area contributed by atoms with Gasteiger partial charge in [-0.15, -0.1) is 0 Å². The summed E-state index contributed by atoms with van der Waals surface area (Å²) in [6, 6.07) is 15.3. The molecule has 2 aromatic heterocycles. The molecular weight excluding hydrogens is 314 g/mol. The third kappa shape index (κ3) is 4.88. The zero-order valence-corrected chi connectivity index (χ0v) is 14.0. The van der Waals surface area contributed by atoms with Crippen molar-refractivity contribution < 1.29 is 9.53 Å². The summed E-state index contributed by atoms with van der Waals surface area (Å²) in [6.45, 7) is 2.39. The molecule has 2 heterocycles. The molecule has 0 aliphatic carbocycles. The summed E-state index contributed by atoms with van der Waals surface area (Å²) in [5.74, 6) is 0.527. The summed E-state index contributed by atoms with van der Waals surface area (Å²) < 4.78 is 5.50. The van der Waals surface area contributed by atoms with Gasteiger partial charge in [-0.25, -0.2) is 0 Å². The summed E-state index contributed by atoms with van der Waals surface area (Å²) in [5.41, 5.74) is 3.84.